The third kappa shape index (κ3) is 3.86. The first-order valence-electron chi connectivity index (χ1n) is 10.2. The van der Waals surface area contributed by atoms with E-state index in [-0.39, 0.29) is 11.9 Å². The van der Waals surface area contributed by atoms with Crippen LogP contribution in [0.25, 0.3) is 0 Å². The molecule has 4 heteroatoms. The van der Waals surface area contributed by atoms with Gasteiger partial charge in [0.05, 0.1) is 6.42 Å². The average molecular weight is 364 g/mol. The normalized spacial score (nSPS) is 19.7. The minimum Gasteiger partial charge on any atom is -0.368 e. The number of hydrogen-bond donors (Lipinski definition) is 1. The molecule has 142 valence electrons. The van der Waals surface area contributed by atoms with Gasteiger partial charge in [-0.2, -0.15) is 0 Å². The number of carbonyl (C=O) groups is 1. The number of fused-ring (bicyclic) bond motifs is 1. The molecule has 4 rings (SSSR count). The Balaban J connectivity index is 1.46. The molecule has 2 aliphatic rings. The third-order valence-electron chi connectivity index (χ3n) is 5.97. The van der Waals surface area contributed by atoms with E-state index in [4.69, 9.17) is 0 Å². The molecule has 1 atom stereocenters. The quantitative estimate of drug-likeness (QED) is 0.907. The molecule has 0 aromatic heterocycles. The Hall–Kier alpha value is -2.33. The maximum atomic E-state index is 13.2. The molecule has 0 aliphatic carbocycles. The first-order valence-corrected chi connectivity index (χ1v) is 10.2. The van der Waals surface area contributed by atoms with E-state index in [1.165, 1.54) is 22.4 Å². The number of anilines is 1. The molecule has 0 radical (unpaired) electrons. The SMILES string of the molecule is CCC1CN(c2ccccc2)CCN1C(=O)Cc1cccc2c1CCNC2. The topological polar surface area (TPSA) is 35.6 Å². The van der Waals surface area contributed by atoms with Gasteiger partial charge in [0.15, 0.2) is 0 Å². The van der Waals surface area contributed by atoms with Gasteiger partial charge >= 0.3 is 0 Å². The Labute approximate surface area is 162 Å². The molecular weight excluding hydrogens is 334 g/mol. The molecule has 1 N–H and O–H groups in total. The van der Waals surface area contributed by atoms with Crippen molar-refractivity contribution in [3.8, 4) is 0 Å². The van der Waals surface area contributed by atoms with Gasteiger partial charge in [-0.05, 0) is 48.2 Å². The molecule has 0 bridgehead atoms. The Morgan fingerprint density at radius 1 is 1.11 bits per heavy atom. The lowest BCUT2D eigenvalue weighted by Crippen LogP contribution is -2.55. The first-order chi connectivity index (χ1) is 13.3. The molecule has 1 fully saturated rings. The highest BCUT2D eigenvalue weighted by molar-refractivity contribution is 5.80. The summed E-state index contributed by atoms with van der Waals surface area (Å²) >= 11 is 0. The Morgan fingerprint density at radius 2 is 1.96 bits per heavy atom. The Kier molecular flexibility index (Phi) is 5.44. The van der Waals surface area contributed by atoms with Gasteiger partial charge in [0.2, 0.25) is 5.91 Å². The lowest BCUT2D eigenvalue weighted by Gasteiger charge is -2.42. The van der Waals surface area contributed by atoms with Gasteiger partial charge in [0.1, 0.15) is 0 Å². The second kappa shape index (κ2) is 8.13. The van der Waals surface area contributed by atoms with Crippen molar-refractivity contribution < 1.29 is 4.79 Å². The van der Waals surface area contributed by atoms with E-state index >= 15 is 0 Å². The molecule has 4 nitrogen and oxygen atoms in total. The second-order valence-electron chi connectivity index (χ2n) is 7.59. The number of hydrogen-bond acceptors (Lipinski definition) is 3. The summed E-state index contributed by atoms with van der Waals surface area (Å²) in [6.07, 6.45) is 2.55. The van der Waals surface area contributed by atoms with Gasteiger partial charge < -0.3 is 15.1 Å². The molecule has 0 saturated carbocycles. The zero-order chi connectivity index (χ0) is 18.6. The number of nitrogens with zero attached hydrogens (tertiary/aromatic N) is 2. The van der Waals surface area contributed by atoms with E-state index in [2.05, 4.69) is 70.6 Å². The molecule has 2 aliphatic heterocycles. The van der Waals surface area contributed by atoms with Crippen LogP contribution < -0.4 is 10.2 Å². The molecule has 2 aromatic rings. The molecule has 0 spiro atoms. The maximum Gasteiger partial charge on any atom is 0.227 e. The fraction of sp³-hybridized carbons (Fsp3) is 0.435. The summed E-state index contributed by atoms with van der Waals surface area (Å²) in [6, 6.07) is 17.3. The van der Waals surface area contributed by atoms with Crippen molar-refractivity contribution in [2.24, 2.45) is 0 Å². The van der Waals surface area contributed by atoms with Crippen LogP contribution in [0.4, 0.5) is 5.69 Å². The lowest BCUT2D eigenvalue weighted by atomic mass is 9.93. The summed E-state index contributed by atoms with van der Waals surface area (Å²) in [5.74, 6) is 0.279. The van der Waals surface area contributed by atoms with Gasteiger partial charge in [0.25, 0.3) is 0 Å². The summed E-state index contributed by atoms with van der Waals surface area (Å²) in [5.41, 5.74) is 5.22. The summed E-state index contributed by atoms with van der Waals surface area (Å²) < 4.78 is 0. The van der Waals surface area contributed by atoms with Crippen LogP contribution in [0.5, 0.6) is 0 Å². The van der Waals surface area contributed by atoms with Crippen molar-refractivity contribution in [2.75, 3.05) is 31.1 Å². The summed E-state index contributed by atoms with van der Waals surface area (Å²) in [5, 5.41) is 3.42. The van der Waals surface area contributed by atoms with Crippen LogP contribution in [0, 0.1) is 0 Å². The molecule has 2 heterocycles. The Morgan fingerprint density at radius 3 is 2.78 bits per heavy atom. The minimum absolute atomic E-state index is 0.279. The van der Waals surface area contributed by atoms with Crippen molar-refractivity contribution in [3.05, 3.63) is 65.2 Å². The standard InChI is InChI=1S/C23H29N3O/c1-2-20-17-25(21-9-4-3-5-10-21)13-14-26(20)23(27)15-18-7-6-8-19-16-24-12-11-22(18)19/h3-10,20,24H,2,11-17H2,1H3. The van der Waals surface area contributed by atoms with Gasteiger partial charge in [-0.25, -0.2) is 0 Å². The monoisotopic (exact) mass is 363 g/mol. The molecule has 1 unspecified atom stereocenters. The third-order valence-corrected chi connectivity index (χ3v) is 5.97. The van der Waals surface area contributed by atoms with E-state index in [0.29, 0.717) is 6.42 Å². The smallest absolute Gasteiger partial charge is 0.227 e. The van der Waals surface area contributed by atoms with Crippen LogP contribution in [0.15, 0.2) is 48.5 Å². The highest BCUT2D eigenvalue weighted by atomic mass is 16.2. The van der Waals surface area contributed by atoms with Gasteiger partial charge in [0, 0.05) is 37.9 Å². The number of carbonyl (C=O) groups excluding carboxylic acids is 1. The van der Waals surface area contributed by atoms with Crippen LogP contribution in [0.3, 0.4) is 0 Å². The highest BCUT2D eigenvalue weighted by Crippen LogP contribution is 2.23. The van der Waals surface area contributed by atoms with Crippen LogP contribution in [-0.2, 0) is 24.2 Å². The van der Waals surface area contributed by atoms with Crippen molar-refractivity contribution in [3.63, 3.8) is 0 Å². The van der Waals surface area contributed by atoms with E-state index in [1.807, 2.05) is 0 Å². The van der Waals surface area contributed by atoms with Gasteiger partial charge in [-0.15, -0.1) is 0 Å². The first kappa shape index (κ1) is 18.1. The van der Waals surface area contributed by atoms with Gasteiger partial charge in [-0.3, -0.25) is 4.79 Å². The average Bonchev–Trinajstić information content (AvgIpc) is 2.74. The van der Waals surface area contributed by atoms with Crippen LogP contribution in [0.1, 0.15) is 30.0 Å². The predicted molar refractivity (Wildman–Crippen MR) is 110 cm³/mol. The lowest BCUT2D eigenvalue weighted by molar-refractivity contribution is -0.133. The largest absolute Gasteiger partial charge is 0.368 e. The van der Waals surface area contributed by atoms with Crippen molar-refractivity contribution in [1.29, 1.82) is 0 Å². The number of piperazine rings is 1. The summed E-state index contributed by atoms with van der Waals surface area (Å²) in [4.78, 5) is 17.7. The van der Waals surface area contributed by atoms with E-state index < -0.39 is 0 Å². The molecule has 1 saturated heterocycles. The maximum absolute atomic E-state index is 13.2. The minimum atomic E-state index is 0.279. The molecule has 2 aromatic carbocycles. The highest BCUT2D eigenvalue weighted by Gasteiger charge is 2.29. The Bertz CT molecular complexity index is 789. The summed E-state index contributed by atoms with van der Waals surface area (Å²) in [6.45, 7) is 6.75. The fourth-order valence-electron chi connectivity index (χ4n) is 4.45. The van der Waals surface area contributed by atoms with Crippen molar-refractivity contribution >= 4 is 11.6 Å². The van der Waals surface area contributed by atoms with Crippen LogP contribution in [0.2, 0.25) is 0 Å². The van der Waals surface area contributed by atoms with Gasteiger partial charge in [-0.1, -0.05) is 43.3 Å². The number of rotatable bonds is 4. The van der Waals surface area contributed by atoms with E-state index in [0.717, 1.165) is 45.6 Å². The molecule has 1 amide bonds. The zero-order valence-corrected chi connectivity index (χ0v) is 16.2. The second-order valence-corrected chi connectivity index (χ2v) is 7.59. The number of amides is 1. The van der Waals surface area contributed by atoms with Crippen LogP contribution in [-0.4, -0.2) is 43.0 Å². The van der Waals surface area contributed by atoms with Crippen molar-refractivity contribution in [2.45, 2.75) is 38.8 Å². The van der Waals surface area contributed by atoms with Crippen LogP contribution >= 0.6 is 0 Å². The molecular formula is C23H29N3O. The molecule has 27 heavy (non-hydrogen) atoms. The van der Waals surface area contributed by atoms with Crippen molar-refractivity contribution in [1.82, 2.24) is 10.2 Å². The number of para-hydroxylation sites is 1. The number of nitrogens with one attached hydrogen (secondary N) is 1. The summed E-state index contributed by atoms with van der Waals surface area (Å²) in [7, 11) is 0. The van der Waals surface area contributed by atoms with E-state index in [1.54, 1.807) is 0 Å². The zero-order valence-electron chi connectivity index (χ0n) is 16.2. The fourth-order valence-corrected chi connectivity index (χ4v) is 4.45. The number of benzene rings is 2. The predicted octanol–water partition coefficient (Wildman–Crippen LogP) is 3.00. The van der Waals surface area contributed by atoms with E-state index in [9.17, 15) is 4.79 Å².